The molecule has 0 bridgehead atoms. The van der Waals surface area contributed by atoms with Crippen molar-refractivity contribution in [3.63, 3.8) is 0 Å². The smallest absolute Gasteiger partial charge is 0.180 e. The number of aromatic nitrogens is 1. The minimum absolute atomic E-state index is 0.470. The van der Waals surface area contributed by atoms with Crippen LogP contribution >= 0.6 is 11.3 Å². The highest BCUT2D eigenvalue weighted by Gasteiger charge is 2.29. The summed E-state index contributed by atoms with van der Waals surface area (Å²) in [6.45, 7) is 0.765. The Morgan fingerprint density at radius 3 is 3.11 bits per heavy atom. The number of nitrogen functional groups attached to an aromatic ring is 1. The second kappa shape index (κ2) is 5.31. The van der Waals surface area contributed by atoms with Crippen molar-refractivity contribution < 1.29 is 4.74 Å². The van der Waals surface area contributed by atoms with Gasteiger partial charge in [0, 0.05) is 17.9 Å². The lowest BCUT2D eigenvalue weighted by atomic mass is 9.92. The first-order valence-corrected chi connectivity index (χ1v) is 7.43. The molecule has 1 aromatic heterocycles. The van der Waals surface area contributed by atoms with Crippen molar-refractivity contribution in [1.29, 1.82) is 0 Å². The molecule has 100 valence electrons. The van der Waals surface area contributed by atoms with Crippen molar-refractivity contribution in [2.75, 3.05) is 19.5 Å². The van der Waals surface area contributed by atoms with Gasteiger partial charge in [-0.15, -0.1) is 11.3 Å². The number of ether oxygens (including phenoxy) is 1. The molecule has 0 saturated heterocycles. The first kappa shape index (κ1) is 12.6. The van der Waals surface area contributed by atoms with E-state index in [2.05, 4.69) is 29.2 Å². The predicted octanol–water partition coefficient (Wildman–Crippen LogP) is 2.99. The van der Waals surface area contributed by atoms with Gasteiger partial charge in [-0.3, -0.25) is 0 Å². The lowest BCUT2D eigenvalue weighted by Gasteiger charge is -2.15. The first-order chi connectivity index (χ1) is 9.29. The van der Waals surface area contributed by atoms with Crippen molar-refractivity contribution >= 4 is 16.5 Å². The average molecular weight is 274 g/mol. The number of hydrogen-bond donors (Lipinski definition) is 1. The third-order valence-corrected chi connectivity index (χ3v) is 4.78. The van der Waals surface area contributed by atoms with E-state index < -0.39 is 0 Å². The van der Waals surface area contributed by atoms with Crippen LogP contribution in [0, 0.1) is 0 Å². The number of hydrogen-bond acceptors (Lipinski definition) is 4. The van der Waals surface area contributed by atoms with E-state index in [4.69, 9.17) is 10.5 Å². The standard InChI is InChI=1S/C15H18N2OS/c1-18-9-8-10-4-2-3-5-11(10)12-6-7-13-14(12)19-15(16)17-13/h2-5,12H,6-9H2,1H3,(H2,16,17). The second-order valence-electron chi connectivity index (χ2n) is 4.90. The van der Waals surface area contributed by atoms with Crippen molar-refractivity contribution in [2.24, 2.45) is 0 Å². The first-order valence-electron chi connectivity index (χ1n) is 6.61. The highest BCUT2D eigenvalue weighted by Crippen LogP contribution is 2.43. The zero-order valence-corrected chi connectivity index (χ0v) is 11.9. The lowest BCUT2D eigenvalue weighted by Crippen LogP contribution is -2.03. The minimum Gasteiger partial charge on any atom is -0.384 e. The van der Waals surface area contributed by atoms with E-state index in [1.54, 1.807) is 18.4 Å². The van der Waals surface area contributed by atoms with Gasteiger partial charge in [-0.05, 0) is 30.4 Å². The van der Waals surface area contributed by atoms with Gasteiger partial charge in [0.15, 0.2) is 5.13 Å². The number of nitrogens with zero attached hydrogens (tertiary/aromatic N) is 1. The van der Waals surface area contributed by atoms with E-state index in [1.165, 1.54) is 21.7 Å². The Hall–Kier alpha value is -1.39. The topological polar surface area (TPSA) is 48.1 Å². The molecule has 0 spiro atoms. The Morgan fingerprint density at radius 2 is 2.26 bits per heavy atom. The maximum Gasteiger partial charge on any atom is 0.180 e. The maximum absolute atomic E-state index is 5.83. The molecule has 0 fully saturated rings. The molecule has 1 heterocycles. The van der Waals surface area contributed by atoms with E-state index in [0.717, 1.165) is 25.9 Å². The molecule has 3 nitrogen and oxygen atoms in total. The molecule has 2 N–H and O–H groups in total. The Labute approximate surface area is 117 Å². The van der Waals surface area contributed by atoms with Crippen LogP contribution in [0.4, 0.5) is 5.13 Å². The summed E-state index contributed by atoms with van der Waals surface area (Å²) in [6, 6.07) is 8.66. The number of benzene rings is 1. The average Bonchev–Trinajstić information content (AvgIpc) is 2.95. The van der Waals surface area contributed by atoms with Crippen LogP contribution in [0.25, 0.3) is 0 Å². The summed E-state index contributed by atoms with van der Waals surface area (Å²) >= 11 is 1.65. The highest BCUT2D eigenvalue weighted by atomic mass is 32.1. The molecular formula is C15H18N2OS. The molecule has 1 aliphatic rings. The van der Waals surface area contributed by atoms with E-state index in [0.29, 0.717) is 11.0 Å². The van der Waals surface area contributed by atoms with Crippen LogP contribution in [0.5, 0.6) is 0 Å². The van der Waals surface area contributed by atoms with E-state index in [9.17, 15) is 0 Å². The molecule has 0 aliphatic heterocycles. The van der Waals surface area contributed by atoms with Gasteiger partial charge in [-0.25, -0.2) is 4.98 Å². The maximum atomic E-state index is 5.83. The summed E-state index contributed by atoms with van der Waals surface area (Å²) in [5, 5.41) is 0.698. The normalized spacial score (nSPS) is 17.6. The van der Waals surface area contributed by atoms with Gasteiger partial charge >= 0.3 is 0 Å². The molecule has 2 aromatic rings. The second-order valence-corrected chi connectivity index (χ2v) is 5.96. The van der Waals surface area contributed by atoms with Gasteiger partial charge in [0.05, 0.1) is 12.3 Å². The van der Waals surface area contributed by atoms with Crippen LogP contribution in [0.2, 0.25) is 0 Å². The summed E-state index contributed by atoms with van der Waals surface area (Å²) < 4.78 is 5.21. The summed E-state index contributed by atoms with van der Waals surface area (Å²) in [4.78, 5) is 5.79. The molecule has 1 aliphatic carbocycles. The van der Waals surface area contributed by atoms with Gasteiger partial charge in [-0.1, -0.05) is 24.3 Å². The van der Waals surface area contributed by atoms with Gasteiger partial charge in [0.2, 0.25) is 0 Å². The molecule has 0 radical (unpaired) electrons. The fraction of sp³-hybridized carbons (Fsp3) is 0.400. The summed E-state index contributed by atoms with van der Waals surface area (Å²) in [7, 11) is 1.75. The van der Waals surface area contributed by atoms with Gasteiger partial charge in [0.25, 0.3) is 0 Å². The molecule has 19 heavy (non-hydrogen) atoms. The summed E-state index contributed by atoms with van der Waals surface area (Å²) in [5.41, 5.74) is 9.84. The van der Waals surface area contributed by atoms with Crippen LogP contribution < -0.4 is 5.73 Å². The molecular weight excluding hydrogens is 256 g/mol. The van der Waals surface area contributed by atoms with Gasteiger partial charge in [-0.2, -0.15) is 0 Å². The summed E-state index contributed by atoms with van der Waals surface area (Å²) in [6.07, 6.45) is 3.16. The third-order valence-electron chi connectivity index (χ3n) is 3.74. The largest absolute Gasteiger partial charge is 0.384 e. The number of anilines is 1. The molecule has 1 unspecified atom stereocenters. The van der Waals surface area contributed by atoms with Gasteiger partial charge in [0.1, 0.15) is 0 Å². The lowest BCUT2D eigenvalue weighted by molar-refractivity contribution is 0.202. The van der Waals surface area contributed by atoms with E-state index in [1.807, 2.05) is 0 Å². The number of thiazole rings is 1. The van der Waals surface area contributed by atoms with Crippen LogP contribution in [-0.4, -0.2) is 18.7 Å². The highest BCUT2D eigenvalue weighted by molar-refractivity contribution is 7.15. The van der Waals surface area contributed by atoms with E-state index >= 15 is 0 Å². The Balaban J connectivity index is 1.94. The molecule has 1 aromatic carbocycles. The fourth-order valence-electron chi connectivity index (χ4n) is 2.86. The SMILES string of the molecule is COCCc1ccccc1C1CCc2nc(N)sc21. The molecule has 1 atom stereocenters. The van der Waals surface area contributed by atoms with Crippen molar-refractivity contribution in [3.8, 4) is 0 Å². The Kier molecular flexibility index (Phi) is 3.53. The van der Waals surface area contributed by atoms with Crippen molar-refractivity contribution in [2.45, 2.75) is 25.2 Å². The quantitative estimate of drug-likeness (QED) is 0.932. The van der Waals surface area contributed by atoms with Gasteiger partial charge < -0.3 is 10.5 Å². The fourth-order valence-corrected chi connectivity index (χ4v) is 3.89. The monoisotopic (exact) mass is 274 g/mol. The predicted molar refractivity (Wildman–Crippen MR) is 78.7 cm³/mol. The summed E-state index contributed by atoms with van der Waals surface area (Å²) in [5.74, 6) is 0.470. The third kappa shape index (κ3) is 2.38. The number of methoxy groups -OCH3 is 1. The van der Waals surface area contributed by atoms with E-state index in [-0.39, 0.29) is 0 Å². The molecule has 0 saturated carbocycles. The number of aryl methyl sites for hydroxylation is 1. The Morgan fingerprint density at radius 1 is 1.42 bits per heavy atom. The minimum atomic E-state index is 0.470. The molecule has 4 heteroatoms. The van der Waals surface area contributed by atoms with Crippen LogP contribution in [0.15, 0.2) is 24.3 Å². The number of rotatable bonds is 4. The van der Waals surface area contributed by atoms with Crippen LogP contribution in [0.1, 0.15) is 34.0 Å². The van der Waals surface area contributed by atoms with Crippen molar-refractivity contribution in [3.05, 3.63) is 46.0 Å². The van der Waals surface area contributed by atoms with Crippen LogP contribution in [0.3, 0.4) is 0 Å². The number of fused-ring (bicyclic) bond motifs is 1. The zero-order valence-electron chi connectivity index (χ0n) is 11.1. The Bertz CT molecular complexity index is 579. The van der Waals surface area contributed by atoms with Crippen molar-refractivity contribution in [1.82, 2.24) is 4.98 Å². The number of nitrogens with two attached hydrogens (primary N) is 1. The molecule has 3 rings (SSSR count). The van der Waals surface area contributed by atoms with Crippen LogP contribution in [-0.2, 0) is 17.6 Å². The molecule has 0 amide bonds. The zero-order chi connectivity index (χ0) is 13.2.